The topological polar surface area (TPSA) is 81.1 Å². The van der Waals surface area contributed by atoms with Crippen LogP contribution in [0.2, 0.25) is 5.02 Å². The van der Waals surface area contributed by atoms with E-state index in [4.69, 9.17) is 11.6 Å². The summed E-state index contributed by atoms with van der Waals surface area (Å²) in [6.07, 6.45) is -0.148. The summed E-state index contributed by atoms with van der Waals surface area (Å²) in [7, 11) is -1.41. The lowest BCUT2D eigenvalue weighted by molar-refractivity contribution is -0.136. The number of carboxylic acid groups (broad SMARTS) is 1. The molecule has 0 aliphatic carbocycles. The normalized spacial score (nSPS) is 16.8. The van der Waals surface area contributed by atoms with E-state index < -0.39 is 17.0 Å². The van der Waals surface area contributed by atoms with Crippen molar-refractivity contribution in [3.63, 3.8) is 0 Å². The Morgan fingerprint density at radius 2 is 1.65 bits per heavy atom. The molecule has 1 heterocycles. The largest absolute Gasteiger partial charge is 0.508 e. The first-order valence-corrected chi connectivity index (χ1v) is 12.3. The van der Waals surface area contributed by atoms with Crippen LogP contribution in [0.3, 0.4) is 0 Å². The third-order valence-electron chi connectivity index (χ3n) is 5.82. The highest BCUT2D eigenvalue weighted by Crippen LogP contribution is 2.36. The SMILES string of the molecule is O=C(O)Cc1ccc(O)c(C(c2ccc(Cl)cc2)N2CCN(S(=O)c3ccc(F)cc3)CC2)c1. The van der Waals surface area contributed by atoms with Crippen molar-refractivity contribution in [2.24, 2.45) is 0 Å². The molecule has 1 fully saturated rings. The van der Waals surface area contributed by atoms with Gasteiger partial charge in [-0.25, -0.2) is 12.9 Å². The molecule has 3 aromatic rings. The van der Waals surface area contributed by atoms with E-state index in [0.717, 1.165) is 5.56 Å². The number of rotatable bonds is 7. The van der Waals surface area contributed by atoms with Crippen LogP contribution in [0.1, 0.15) is 22.7 Å². The first-order chi connectivity index (χ1) is 16.3. The Hall–Kier alpha value is -2.78. The van der Waals surface area contributed by atoms with Gasteiger partial charge in [-0.2, -0.15) is 0 Å². The average molecular weight is 503 g/mol. The van der Waals surface area contributed by atoms with Crippen LogP contribution in [0.15, 0.2) is 71.6 Å². The van der Waals surface area contributed by atoms with Gasteiger partial charge in [-0.3, -0.25) is 9.69 Å². The number of hydrogen-bond acceptors (Lipinski definition) is 4. The first kappa shape index (κ1) is 24.3. The summed E-state index contributed by atoms with van der Waals surface area (Å²) in [5.41, 5.74) is 2.10. The number of aromatic hydroxyl groups is 1. The number of piperazine rings is 1. The second kappa shape index (κ2) is 10.7. The molecule has 3 aromatic carbocycles. The van der Waals surface area contributed by atoms with Gasteiger partial charge in [0, 0.05) is 36.8 Å². The van der Waals surface area contributed by atoms with Crippen LogP contribution in [0.25, 0.3) is 0 Å². The van der Waals surface area contributed by atoms with Crippen LogP contribution in [0, 0.1) is 5.82 Å². The highest BCUT2D eigenvalue weighted by atomic mass is 35.5. The number of carbonyl (C=O) groups is 1. The molecule has 0 bridgehead atoms. The third kappa shape index (κ3) is 5.64. The number of phenolic OH excluding ortho intramolecular Hbond substituents is 1. The van der Waals surface area contributed by atoms with E-state index in [-0.39, 0.29) is 24.0 Å². The van der Waals surface area contributed by atoms with Crippen LogP contribution in [-0.2, 0) is 22.2 Å². The molecule has 9 heteroatoms. The third-order valence-corrected chi connectivity index (χ3v) is 7.58. The molecule has 0 spiro atoms. The Balaban J connectivity index is 1.60. The molecule has 0 radical (unpaired) electrons. The van der Waals surface area contributed by atoms with Gasteiger partial charge in [0.25, 0.3) is 0 Å². The van der Waals surface area contributed by atoms with Crippen LogP contribution in [0.5, 0.6) is 5.75 Å². The van der Waals surface area contributed by atoms with Gasteiger partial charge in [0.1, 0.15) is 22.6 Å². The van der Waals surface area contributed by atoms with Gasteiger partial charge in [-0.05, 0) is 59.7 Å². The summed E-state index contributed by atoms with van der Waals surface area (Å²) in [6.45, 7) is 2.12. The molecule has 0 saturated carbocycles. The summed E-state index contributed by atoms with van der Waals surface area (Å²) in [4.78, 5) is 13.9. The highest BCUT2D eigenvalue weighted by Gasteiger charge is 2.30. The highest BCUT2D eigenvalue weighted by molar-refractivity contribution is 7.82. The molecule has 4 rings (SSSR count). The first-order valence-electron chi connectivity index (χ1n) is 10.8. The van der Waals surface area contributed by atoms with Crippen molar-refractivity contribution in [1.82, 2.24) is 9.21 Å². The van der Waals surface area contributed by atoms with Gasteiger partial charge in [0.05, 0.1) is 17.4 Å². The predicted octanol–water partition coefficient (Wildman–Crippen LogP) is 4.24. The lowest BCUT2D eigenvalue weighted by Crippen LogP contribution is -2.48. The quantitative estimate of drug-likeness (QED) is 0.505. The number of nitrogens with zero attached hydrogens (tertiary/aromatic N) is 2. The van der Waals surface area contributed by atoms with Crippen LogP contribution >= 0.6 is 11.6 Å². The van der Waals surface area contributed by atoms with Crippen molar-refractivity contribution in [3.8, 4) is 5.75 Å². The van der Waals surface area contributed by atoms with Gasteiger partial charge in [0.2, 0.25) is 0 Å². The van der Waals surface area contributed by atoms with Gasteiger partial charge in [0.15, 0.2) is 0 Å². The smallest absolute Gasteiger partial charge is 0.307 e. The monoisotopic (exact) mass is 502 g/mol. The van der Waals surface area contributed by atoms with Crippen molar-refractivity contribution in [2.45, 2.75) is 17.4 Å². The van der Waals surface area contributed by atoms with Crippen LogP contribution < -0.4 is 0 Å². The Morgan fingerprint density at radius 1 is 1.00 bits per heavy atom. The fourth-order valence-electron chi connectivity index (χ4n) is 4.17. The van der Waals surface area contributed by atoms with E-state index in [2.05, 4.69) is 4.90 Å². The Bertz CT molecular complexity index is 1180. The molecule has 1 saturated heterocycles. The summed E-state index contributed by atoms with van der Waals surface area (Å²) >= 11 is 6.09. The minimum Gasteiger partial charge on any atom is -0.508 e. The molecule has 2 unspecified atom stereocenters. The molecule has 0 aromatic heterocycles. The molecule has 2 atom stereocenters. The van der Waals surface area contributed by atoms with Gasteiger partial charge < -0.3 is 10.2 Å². The lowest BCUT2D eigenvalue weighted by atomic mass is 9.93. The fraction of sp³-hybridized carbons (Fsp3) is 0.240. The zero-order chi connectivity index (χ0) is 24.2. The fourth-order valence-corrected chi connectivity index (χ4v) is 5.46. The van der Waals surface area contributed by atoms with Crippen LogP contribution in [-0.4, -0.2) is 55.8 Å². The van der Waals surface area contributed by atoms with Gasteiger partial charge in [-0.1, -0.05) is 29.8 Å². The van der Waals surface area contributed by atoms with E-state index in [9.17, 15) is 23.6 Å². The molecular weight excluding hydrogens is 479 g/mol. The van der Waals surface area contributed by atoms with Gasteiger partial charge in [-0.15, -0.1) is 0 Å². The second-order valence-corrected chi connectivity index (χ2v) is 10.0. The van der Waals surface area contributed by atoms with E-state index >= 15 is 0 Å². The predicted molar refractivity (Wildman–Crippen MR) is 129 cm³/mol. The molecule has 178 valence electrons. The van der Waals surface area contributed by atoms with Crippen LogP contribution in [0.4, 0.5) is 4.39 Å². The number of phenols is 1. The average Bonchev–Trinajstić information content (AvgIpc) is 2.82. The van der Waals surface area contributed by atoms with Crippen molar-refractivity contribution in [3.05, 3.63) is 94.3 Å². The number of hydrogen-bond donors (Lipinski definition) is 2. The maximum atomic E-state index is 13.2. The lowest BCUT2D eigenvalue weighted by Gasteiger charge is -2.39. The van der Waals surface area contributed by atoms with Crippen molar-refractivity contribution >= 4 is 28.6 Å². The number of aliphatic carboxylic acids is 1. The summed E-state index contributed by atoms with van der Waals surface area (Å²) in [5.74, 6) is -1.25. The van der Waals surface area contributed by atoms with Crippen molar-refractivity contribution in [1.29, 1.82) is 0 Å². The molecule has 2 N–H and O–H groups in total. The summed E-state index contributed by atoms with van der Waals surface area (Å²) < 4.78 is 28.0. The Kier molecular flexibility index (Phi) is 7.63. The minimum atomic E-state index is -1.41. The number of halogens is 2. The molecule has 34 heavy (non-hydrogen) atoms. The number of carboxylic acids is 1. The number of benzene rings is 3. The molecule has 0 amide bonds. The van der Waals surface area contributed by atoms with Crippen molar-refractivity contribution < 1.29 is 23.6 Å². The Labute approximate surface area is 204 Å². The van der Waals surface area contributed by atoms with E-state index in [0.29, 0.717) is 47.2 Å². The minimum absolute atomic E-state index is 0.0754. The molecule has 1 aliphatic rings. The van der Waals surface area contributed by atoms with E-state index in [1.54, 1.807) is 24.3 Å². The maximum Gasteiger partial charge on any atom is 0.307 e. The summed E-state index contributed by atoms with van der Waals surface area (Å²) in [5, 5.41) is 20.5. The summed E-state index contributed by atoms with van der Waals surface area (Å²) in [6, 6.07) is 17.5. The van der Waals surface area contributed by atoms with Crippen molar-refractivity contribution in [2.75, 3.05) is 26.2 Å². The molecule has 1 aliphatic heterocycles. The molecule has 6 nitrogen and oxygen atoms in total. The standard InChI is InChI=1S/C25H24ClFN2O4S/c26-19-4-2-18(3-5-19)25(22-15-17(16-24(31)32)1-10-23(22)30)28-11-13-29(14-12-28)34(33)21-8-6-20(27)7-9-21/h1-10,15,25,30H,11-14,16H2,(H,31,32). The zero-order valence-corrected chi connectivity index (χ0v) is 19.8. The zero-order valence-electron chi connectivity index (χ0n) is 18.2. The maximum absolute atomic E-state index is 13.2. The van der Waals surface area contributed by atoms with E-state index in [1.165, 1.54) is 30.3 Å². The Morgan fingerprint density at radius 3 is 2.26 bits per heavy atom. The van der Waals surface area contributed by atoms with Gasteiger partial charge >= 0.3 is 5.97 Å². The molecular formula is C25H24ClFN2O4S. The van der Waals surface area contributed by atoms with E-state index in [1.807, 2.05) is 16.4 Å². The second-order valence-electron chi connectivity index (χ2n) is 8.09.